The number of fused-ring (bicyclic) bond motifs is 1. The maximum Gasteiger partial charge on any atom is 0.335 e. The molecule has 0 unspecified atom stereocenters. The molecule has 2 aromatic rings. The Kier molecular flexibility index (Phi) is 4.17. The molecular formula is C17H23NO2. The molecule has 0 aliphatic carbocycles. The van der Waals surface area contributed by atoms with E-state index >= 15 is 0 Å². The largest absolute Gasteiger partial charge is 0.478 e. The summed E-state index contributed by atoms with van der Waals surface area (Å²) in [6.45, 7) is 6.39. The van der Waals surface area contributed by atoms with E-state index in [9.17, 15) is 9.90 Å². The van der Waals surface area contributed by atoms with Crippen LogP contribution in [0.4, 0.5) is 0 Å². The lowest BCUT2D eigenvalue weighted by atomic mass is 9.95. The zero-order valence-electron chi connectivity index (χ0n) is 12.7. The van der Waals surface area contributed by atoms with Gasteiger partial charge >= 0.3 is 5.97 Å². The van der Waals surface area contributed by atoms with Crippen molar-refractivity contribution in [3.05, 3.63) is 35.0 Å². The molecule has 0 fully saturated rings. The molecule has 0 atom stereocenters. The summed E-state index contributed by atoms with van der Waals surface area (Å²) in [7, 11) is 2.05. The summed E-state index contributed by atoms with van der Waals surface area (Å²) in [6, 6.07) is 3.65. The Morgan fingerprint density at radius 2 is 2.05 bits per heavy atom. The van der Waals surface area contributed by atoms with Crippen LogP contribution in [0.2, 0.25) is 0 Å². The Hall–Kier alpha value is -1.77. The smallest absolute Gasteiger partial charge is 0.335 e. The van der Waals surface area contributed by atoms with Gasteiger partial charge in [0.15, 0.2) is 0 Å². The molecule has 0 radical (unpaired) electrons. The van der Waals surface area contributed by atoms with Crippen LogP contribution in [0.15, 0.2) is 18.3 Å². The number of aromatic carboxylic acids is 1. The van der Waals surface area contributed by atoms with E-state index in [-0.39, 0.29) is 0 Å². The molecule has 3 nitrogen and oxygen atoms in total. The van der Waals surface area contributed by atoms with Crippen molar-refractivity contribution >= 4 is 16.9 Å². The number of nitrogens with zero attached hydrogens (tertiary/aromatic N) is 1. The van der Waals surface area contributed by atoms with Crippen LogP contribution in [0, 0.1) is 0 Å². The highest BCUT2D eigenvalue weighted by Gasteiger charge is 2.16. The topological polar surface area (TPSA) is 42.2 Å². The van der Waals surface area contributed by atoms with Gasteiger partial charge < -0.3 is 9.67 Å². The van der Waals surface area contributed by atoms with Crippen LogP contribution in [0.3, 0.4) is 0 Å². The van der Waals surface area contributed by atoms with Gasteiger partial charge in [0, 0.05) is 18.6 Å². The molecule has 1 aromatic carbocycles. The van der Waals surface area contributed by atoms with Gasteiger partial charge in [-0.3, -0.25) is 0 Å². The van der Waals surface area contributed by atoms with E-state index < -0.39 is 5.97 Å². The van der Waals surface area contributed by atoms with E-state index in [4.69, 9.17) is 0 Å². The van der Waals surface area contributed by atoms with Crippen molar-refractivity contribution in [1.82, 2.24) is 4.57 Å². The lowest BCUT2D eigenvalue weighted by molar-refractivity contribution is 0.0697. The molecule has 0 amide bonds. The van der Waals surface area contributed by atoms with E-state index in [1.807, 2.05) is 19.2 Å². The number of carboxylic acids is 1. The molecule has 108 valence electrons. The number of hydrogen-bond donors (Lipinski definition) is 1. The third-order valence-corrected chi connectivity index (χ3v) is 3.86. The molecule has 1 heterocycles. The van der Waals surface area contributed by atoms with Crippen molar-refractivity contribution in [2.24, 2.45) is 7.05 Å². The molecule has 20 heavy (non-hydrogen) atoms. The van der Waals surface area contributed by atoms with Gasteiger partial charge in [-0.2, -0.15) is 0 Å². The number of carboxylic acid groups (broad SMARTS) is 1. The molecule has 3 heteroatoms. The Labute approximate surface area is 120 Å². The average molecular weight is 273 g/mol. The standard InChI is InChI=1S/C17H23NO2/c1-5-6-7-12-10-18(4)16-14(11(2)3)8-13(17(19)20)9-15(12)16/h8-11H,5-7H2,1-4H3,(H,19,20). The first-order valence-electron chi connectivity index (χ1n) is 7.30. The van der Waals surface area contributed by atoms with E-state index in [0.717, 1.165) is 30.2 Å². The van der Waals surface area contributed by atoms with Crippen molar-refractivity contribution < 1.29 is 9.90 Å². The summed E-state index contributed by atoms with van der Waals surface area (Å²) in [5, 5.41) is 10.4. The minimum absolute atomic E-state index is 0.310. The number of unbranched alkanes of at least 4 members (excludes halogenated alkanes) is 1. The minimum atomic E-state index is -0.848. The molecule has 0 spiro atoms. The summed E-state index contributed by atoms with van der Waals surface area (Å²) in [5.74, 6) is -0.538. The van der Waals surface area contributed by atoms with Gasteiger partial charge in [-0.15, -0.1) is 0 Å². The van der Waals surface area contributed by atoms with Gasteiger partial charge in [-0.1, -0.05) is 27.2 Å². The van der Waals surface area contributed by atoms with Crippen molar-refractivity contribution in [3.63, 3.8) is 0 Å². The van der Waals surface area contributed by atoms with E-state index in [1.54, 1.807) is 0 Å². The molecular weight excluding hydrogens is 250 g/mol. The fourth-order valence-corrected chi connectivity index (χ4v) is 2.79. The van der Waals surface area contributed by atoms with Crippen molar-refractivity contribution in [1.29, 1.82) is 0 Å². The predicted octanol–water partition coefficient (Wildman–Crippen LogP) is 4.34. The lowest BCUT2D eigenvalue weighted by Gasteiger charge is -2.11. The normalized spacial score (nSPS) is 11.4. The van der Waals surface area contributed by atoms with Gasteiger partial charge in [0.2, 0.25) is 0 Å². The van der Waals surface area contributed by atoms with Crippen LogP contribution in [0.25, 0.3) is 10.9 Å². The SMILES string of the molecule is CCCCc1cn(C)c2c(C(C)C)cc(C(=O)O)cc12. The first kappa shape index (κ1) is 14.6. The second-order valence-electron chi connectivity index (χ2n) is 5.79. The summed E-state index contributed by atoms with van der Waals surface area (Å²) in [5.41, 5.74) is 3.95. The monoisotopic (exact) mass is 273 g/mol. The number of aromatic nitrogens is 1. The van der Waals surface area contributed by atoms with Crippen LogP contribution in [-0.4, -0.2) is 15.6 Å². The first-order chi connectivity index (χ1) is 9.45. The van der Waals surface area contributed by atoms with Crippen LogP contribution in [0.5, 0.6) is 0 Å². The molecule has 0 aliphatic rings. The van der Waals surface area contributed by atoms with E-state index in [0.29, 0.717) is 11.5 Å². The summed E-state index contributed by atoms with van der Waals surface area (Å²) < 4.78 is 2.14. The highest BCUT2D eigenvalue weighted by atomic mass is 16.4. The third-order valence-electron chi connectivity index (χ3n) is 3.86. The Bertz CT molecular complexity index is 638. The summed E-state index contributed by atoms with van der Waals surface area (Å²) in [6.07, 6.45) is 5.44. The van der Waals surface area contributed by atoms with Crippen LogP contribution in [0.1, 0.15) is 61.0 Å². The van der Waals surface area contributed by atoms with Crippen LogP contribution in [-0.2, 0) is 13.5 Å². The Balaban J connectivity index is 2.70. The first-order valence-corrected chi connectivity index (χ1v) is 7.30. The van der Waals surface area contributed by atoms with E-state index in [2.05, 4.69) is 31.5 Å². The maximum absolute atomic E-state index is 11.3. The predicted molar refractivity (Wildman–Crippen MR) is 82.6 cm³/mol. The zero-order chi connectivity index (χ0) is 14.9. The van der Waals surface area contributed by atoms with Gasteiger partial charge in [0.1, 0.15) is 0 Å². The summed E-state index contributed by atoms with van der Waals surface area (Å²) >= 11 is 0. The lowest BCUT2D eigenvalue weighted by Crippen LogP contribution is -2.01. The fraction of sp³-hybridized carbons (Fsp3) is 0.471. The van der Waals surface area contributed by atoms with Gasteiger partial charge in [-0.25, -0.2) is 4.79 Å². The number of benzene rings is 1. The van der Waals surface area contributed by atoms with Crippen LogP contribution >= 0.6 is 0 Å². The van der Waals surface area contributed by atoms with Crippen LogP contribution < -0.4 is 0 Å². The summed E-state index contributed by atoms with van der Waals surface area (Å²) in [4.78, 5) is 11.3. The number of hydrogen-bond acceptors (Lipinski definition) is 1. The average Bonchev–Trinajstić information content (AvgIpc) is 2.72. The number of aryl methyl sites for hydroxylation is 2. The Morgan fingerprint density at radius 1 is 1.35 bits per heavy atom. The third kappa shape index (κ3) is 2.58. The molecule has 1 aromatic heterocycles. The molecule has 1 N–H and O–H groups in total. The molecule has 2 rings (SSSR count). The highest BCUT2D eigenvalue weighted by Crippen LogP contribution is 2.31. The number of carbonyl (C=O) groups is 1. The molecule has 0 bridgehead atoms. The highest BCUT2D eigenvalue weighted by molar-refractivity contribution is 5.96. The Morgan fingerprint density at radius 3 is 2.60 bits per heavy atom. The van der Waals surface area contributed by atoms with E-state index in [1.165, 1.54) is 11.1 Å². The zero-order valence-corrected chi connectivity index (χ0v) is 12.7. The van der Waals surface area contributed by atoms with Crippen molar-refractivity contribution in [2.75, 3.05) is 0 Å². The number of rotatable bonds is 5. The van der Waals surface area contributed by atoms with Gasteiger partial charge in [0.05, 0.1) is 11.1 Å². The van der Waals surface area contributed by atoms with Crippen molar-refractivity contribution in [3.8, 4) is 0 Å². The fourth-order valence-electron chi connectivity index (χ4n) is 2.79. The van der Waals surface area contributed by atoms with Crippen molar-refractivity contribution in [2.45, 2.75) is 46.0 Å². The molecule has 0 saturated heterocycles. The quantitative estimate of drug-likeness (QED) is 0.880. The maximum atomic E-state index is 11.3. The molecule has 0 saturated carbocycles. The molecule has 0 aliphatic heterocycles. The minimum Gasteiger partial charge on any atom is -0.478 e. The second-order valence-corrected chi connectivity index (χ2v) is 5.79. The van der Waals surface area contributed by atoms with Gasteiger partial charge in [0.25, 0.3) is 0 Å². The second kappa shape index (κ2) is 5.70. The van der Waals surface area contributed by atoms with Gasteiger partial charge in [-0.05, 0) is 42.0 Å².